The minimum absolute atomic E-state index is 0.0229. The summed E-state index contributed by atoms with van der Waals surface area (Å²) in [7, 11) is 0. The number of nitrogens with one attached hydrogen (secondary N) is 1. The lowest BCUT2D eigenvalue weighted by atomic mass is 10.1. The van der Waals surface area contributed by atoms with Crippen LogP contribution in [0.15, 0.2) is 42.5 Å². The van der Waals surface area contributed by atoms with Gasteiger partial charge in [0.2, 0.25) is 0 Å². The predicted octanol–water partition coefficient (Wildman–Crippen LogP) is 4.15. The molecule has 0 saturated heterocycles. The van der Waals surface area contributed by atoms with Crippen LogP contribution in [-0.2, 0) is 6.42 Å². The standard InChI is InChI=1S/C17H17ClFNO/c1-12-4-6-13(7-5-12)3-2-10-20-17(21)15-9-8-14(18)11-16(15)19/h4-9,11H,2-3,10H2,1H3,(H,20,21). The summed E-state index contributed by atoms with van der Waals surface area (Å²) in [5.74, 6) is -1.01. The summed E-state index contributed by atoms with van der Waals surface area (Å²) in [6.07, 6.45) is 1.69. The van der Waals surface area contributed by atoms with Crippen molar-refractivity contribution in [2.24, 2.45) is 0 Å². The highest BCUT2D eigenvalue weighted by atomic mass is 35.5. The molecule has 0 aliphatic carbocycles. The SMILES string of the molecule is Cc1ccc(CCCNC(=O)c2ccc(Cl)cc2F)cc1. The highest BCUT2D eigenvalue weighted by Gasteiger charge is 2.11. The molecule has 0 unspecified atom stereocenters. The molecular weight excluding hydrogens is 289 g/mol. The molecule has 0 saturated carbocycles. The molecule has 0 aromatic heterocycles. The van der Waals surface area contributed by atoms with Crippen LogP contribution in [0.3, 0.4) is 0 Å². The highest BCUT2D eigenvalue weighted by molar-refractivity contribution is 6.30. The molecule has 0 atom stereocenters. The second-order valence-corrected chi connectivity index (χ2v) is 5.41. The Balaban J connectivity index is 1.80. The van der Waals surface area contributed by atoms with Crippen LogP contribution in [0.2, 0.25) is 5.02 Å². The molecule has 0 bridgehead atoms. The summed E-state index contributed by atoms with van der Waals surface area (Å²) >= 11 is 5.66. The zero-order valence-electron chi connectivity index (χ0n) is 11.8. The average molecular weight is 306 g/mol. The van der Waals surface area contributed by atoms with Gasteiger partial charge in [-0.1, -0.05) is 41.4 Å². The van der Waals surface area contributed by atoms with Crippen molar-refractivity contribution in [2.75, 3.05) is 6.54 Å². The van der Waals surface area contributed by atoms with Gasteiger partial charge in [0.1, 0.15) is 5.82 Å². The quantitative estimate of drug-likeness (QED) is 0.826. The van der Waals surface area contributed by atoms with Crippen LogP contribution < -0.4 is 5.32 Å². The van der Waals surface area contributed by atoms with Gasteiger partial charge >= 0.3 is 0 Å². The minimum atomic E-state index is -0.599. The maximum Gasteiger partial charge on any atom is 0.254 e. The summed E-state index contributed by atoms with van der Waals surface area (Å²) in [5, 5.41) is 3.00. The zero-order chi connectivity index (χ0) is 15.2. The molecule has 2 aromatic carbocycles. The summed E-state index contributed by atoms with van der Waals surface area (Å²) in [5.41, 5.74) is 2.48. The maximum atomic E-state index is 13.6. The van der Waals surface area contributed by atoms with E-state index < -0.39 is 11.7 Å². The van der Waals surface area contributed by atoms with Crippen molar-refractivity contribution >= 4 is 17.5 Å². The highest BCUT2D eigenvalue weighted by Crippen LogP contribution is 2.14. The van der Waals surface area contributed by atoms with Crippen LogP contribution in [-0.4, -0.2) is 12.5 Å². The summed E-state index contributed by atoms with van der Waals surface area (Å²) in [6.45, 7) is 2.56. The first kappa shape index (κ1) is 15.5. The van der Waals surface area contributed by atoms with Gasteiger partial charge in [0, 0.05) is 11.6 Å². The third kappa shape index (κ3) is 4.57. The Morgan fingerprint density at radius 1 is 1.19 bits per heavy atom. The molecule has 110 valence electrons. The van der Waals surface area contributed by atoms with Gasteiger partial charge in [0.25, 0.3) is 5.91 Å². The lowest BCUT2D eigenvalue weighted by molar-refractivity contribution is 0.0949. The second-order valence-electron chi connectivity index (χ2n) is 4.97. The van der Waals surface area contributed by atoms with Crippen molar-refractivity contribution in [1.29, 1.82) is 0 Å². The number of rotatable bonds is 5. The molecule has 0 aliphatic rings. The number of halogens is 2. The van der Waals surface area contributed by atoms with E-state index in [1.807, 2.05) is 6.92 Å². The van der Waals surface area contributed by atoms with Gasteiger partial charge in [-0.3, -0.25) is 4.79 Å². The van der Waals surface area contributed by atoms with Crippen molar-refractivity contribution in [3.63, 3.8) is 0 Å². The van der Waals surface area contributed by atoms with Gasteiger partial charge in [-0.25, -0.2) is 4.39 Å². The minimum Gasteiger partial charge on any atom is -0.352 e. The van der Waals surface area contributed by atoms with Gasteiger partial charge in [-0.2, -0.15) is 0 Å². The molecule has 2 aromatic rings. The predicted molar refractivity (Wildman–Crippen MR) is 83.2 cm³/mol. The first-order valence-electron chi connectivity index (χ1n) is 6.85. The fraction of sp³-hybridized carbons (Fsp3) is 0.235. The van der Waals surface area contributed by atoms with E-state index in [4.69, 9.17) is 11.6 Å². The summed E-state index contributed by atoms with van der Waals surface area (Å²) in [6, 6.07) is 12.3. The van der Waals surface area contributed by atoms with Crippen molar-refractivity contribution in [1.82, 2.24) is 5.32 Å². The molecular formula is C17H17ClFNO. The van der Waals surface area contributed by atoms with E-state index in [0.29, 0.717) is 6.54 Å². The van der Waals surface area contributed by atoms with E-state index in [9.17, 15) is 9.18 Å². The lowest BCUT2D eigenvalue weighted by Gasteiger charge is -2.07. The van der Waals surface area contributed by atoms with Gasteiger partial charge < -0.3 is 5.32 Å². The smallest absolute Gasteiger partial charge is 0.254 e. The van der Waals surface area contributed by atoms with E-state index >= 15 is 0 Å². The molecule has 0 heterocycles. The molecule has 1 amide bonds. The third-order valence-corrected chi connectivity index (χ3v) is 3.46. The first-order valence-corrected chi connectivity index (χ1v) is 7.23. The molecule has 0 fully saturated rings. The van der Waals surface area contributed by atoms with Crippen LogP contribution in [0.25, 0.3) is 0 Å². The normalized spacial score (nSPS) is 10.4. The first-order chi connectivity index (χ1) is 10.1. The van der Waals surface area contributed by atoms with Crippen LogP contribution in [0.1, 0.15) is 27.9 Å². The van der Waals surface area contributed by atoms with E-state index in [1.165, 1.54) is 23.3 Å². The fourth-order valence-corrected chi connectivity index (χ4v) is 2.18. The molecule has 0 spiro atoms. The number of carbonyl (C=O) groups excluding carboxylic acids is 1. The summed E-state index contributed by atoms with van der Waals surface area (Å²) in [4.78, 5) is 11.8. The fourth-order valence-electron chi connectivity index (χ4n) is 2.02. The Bertz CT molecular complexity index is 625. The van der Waals surface area contributed by atoms with E-state index in [2.05, 4.69) is 29.6 Å². The number of hydrogen-bond acceptors (Lipinski definition) is 1. The molecule has 1 N–H and O–H groups in total. The number of amides is 1. The van der Waals surface area contributed by atoms with E-state index in [-0.39, 0.29) is 10.6 Å². The van der Waals surface area contributed by atoms with Gasteiger partial charge in [-0.05, 0) is 43.5 Å². The number of benzene rings is 2. The Labute approximate surface area is 128 Å². The van der Waals surface area contributed by atoms with Crippen LogP contribution in [0.5, 0.6) is 0 Å². The van der Waals surface area contributed by atoms with Crippen molar-refractivity contribution in [2.45, 2.75) is 19.8 Å². The van der Waals surface area contributed by atoms with Gasteiger partial charge in [0.15, 0.2) is 0 Å². The Morgan fingerprint density at radius 2 is 1.90 bits per heavy atom. The Morgan fingerprint density at radius 3 is 2.57 bits per heavy atom. The number of aryl methyl sites for hydroxylation is 2. The number of carbonyl (C=O) groups is 1. The summed E-state index contributed by atoms with van der Waals surface area (Å²) < 4.78 is 13.6. The molecule has 2 rings (SSSR count). The largest absolute Gasteiger partial charge is 0.352 e. The van der Waals surface area contributed by atoms with Crippen molar-refractivity contribution in [3.8, 4) is 0 Å². The number of hydrogen-bond donors (Lipinski definition) is 1. The molecule has 0 aliphatic heterocycles. The van der Waals surface area contributed by atoms with E-state index in [0.717, 1.165) is 18.9 Å². The molecule has 4 heteroatoms. The zero-order valence-corrected chi connectivity index (χ0v) is 12.6. The van der Waals surface area contributed by atoms with Crippen molar-refractivity contribution < 1.29 is 9.18 Å². The monoisotopic (exact) mass is 305 g/mol. The average Bonchev–Trinajstić information content (AvgIpc) is 2.45. The Kier molecular flexibility index (Phi) is 5.34. The topological polar surface area (TPSA) is 29.1 Å². The molecule has 0 radical (unpaired) electrons. The van der Waals surface area contributed by atoms with Crippen LogP contribution in [0.4, 0.5) is 4.39 Å². The van der Waals surface area contributed by atoms with Gasteiger partial charge in [0.05, 0.1) is 5.56 Å². The van der Waals surface area contributed by atoms with Crippen LogP contribution in [0, 0.1) is 12.7 Å². The van der Waals surface area contributed by atoms with Crippen molar-refractivity contribution in [3.05, 3.63) is 70.0 Å². The maximum absolute atomic E-state index is 13.6. The molecule has 21 heavy (non-hydrogen) atoms. The Hall–Kier alpha value is -1.87. The lowest BCUT2D eigenvalue weighted by Crippen LogP contribution is -2.25. The van der Waals surface area contributed by atoms with Gasteiger partial charge in [-0.15, -0.1) is 0 Å². The van der Waals surface area contributed by atoms with E-state index in [1.54, 1.807) is 0 Å². The third-order valence-electron chi connectivity index (χ3n) is 3.22. The van der Waals surface area contributed by atoms with Crippen LogP contribution >= 0.6 is 11.6 Å². The second kappa shape index (κ2) is 7.23. The molecule has 2 nitrogen and oxygen atoms in total.